The number of hydrogen-bond donors (Lipinski definition) is 4. The fraction of sp³-hybridized carbons (Fsp3) is 0.815. The molecule has 13 heteroatoms. The molecular weight excluding hydrogens is 538 g/mol. The molecule has 3 atom stereocenters. The molecule has 0 aliphatic carbocycles. The first kappa shape index (κ1) is 35.8. The molecule has 0 saturated carbocycles. The van der Waals surface area contributed by atoms with Crippen LogP contribution in [0.15, 0.2) is 6.20 Å². The molecule has 0 fully saturated rings. The minimum absolute atomic E-state index is 0.0313. The smallest absolute Gasteiger partial charge is 0.306 e. The number of unbranched alkanes of at least 4 members (excludes halogenated alkanes) is 8. The van der Waals surface area contributed by atoms with Gasteiger partial charge in [0.2, 0.25) is 5.91 Å². The quantitative estimate of drug-likeness (QED) is 0.103. The first-order chi connectivity index (χ1) is 19.3. The van der Waals surface area contributed by atoms with Crippen molar-refractivity contribution in [3.05, 3.63) is 6.20 Å². The number of aliphatic hydroxyl groups is 2. The van der Waals surface area contributed by atoms with Crippen LogP contribution < -0.4 is 11.1 Å². The van der Waals surface area contributed by atoms with E-state index in [0.717, 1.165) is 64.2 Å². The third-order valence-electron chi connectivity index (χ3n) is 6.03. The lowest BCUT2D eigenvalue weighted by atomic mass is 10.1. The molecule has 0 radical (unpaired) electrons. The van der Waals surface area contributed by atoms with E-state index in [1.807, 2.05) is 0 Å². The molecule has 0 unspecified atom stereocenters. The largest absolute Gasteiger partial charge is 0.462 e. The Morgan fingerprint density at radius 1 is 1.00 bits per heavy atom. The average molecular weight is 588 g/mol. The van der Waals surface area contributed by atoms with Crippen molar-refractivity contribution in [2.24, 2.45) is 5.73 Å². The number of thioether (sulfide) groups is 1. The van der Waals surface area contributed by atoms with Crippen LogP contribution in [0.2, 0.25) is 0 Å². The summed E-state index contributed by atoms with van der Waals surface area (Å²) in [4.78, 5) is 37.0. The highest BCUT2D eigenvalue weighted by Crippen LogP contribution is 2.13. The SMILES string of the molecule is CCCCCCCC(=O)OC[C@H](CSC[C@@H](N)C(=O)Nc1cn(C[C@@H](O)CO)nn1)OC(=O)CCCCCCC. The molecule has 230 valence electrons. The molecule has 0 aromatic carbocycles. The highest BCUT2D eigenvalue weighted by atomic mass is 32.2. The van der Waals surface area contributed by atoms with E-state index in [9.17, 15) is 19.5 Å². The van der Waals surface area contributed by atoms with Gasteiger partial charge >= 0.3 is 11.9 Å². The summed E-state index contributed by atoms with van der Waals surface area (Å²) in [5.74, 6) is -0.381. The number of nitrogens with two attached hydrogens (primary N) is 1. The molecule has 12 nitrogen and oxygen atoms in total. The van der Waals surface area contributed by atoms with E-state index in [0.29, 0.717) is 18.6 Å². The number of esters is 2. The van der Waals surface area contributed by atoms with Crippen molar-refractivity contribution in [3.8, 4) is 0 Å². The van der Waals surface area contributed by atoms with Gasteiger partial charge in [-0.15, -0.1) is 5.10 Å². The molecule has 0 aliphatic rings. The Kier molecular flexibility index (Phi) is 20.1. The van der Waals surface area contributed by atoms with Crippen molar-refractivity contribution in [1.29, 1.82) is 0 Å². The predicted molar refractivity (Wildman–Crippen MR) is 155 cm³/mol. The zero-order valence-corrected chi connectivity index (χ0v) is 24.9. The number of rotatable bonds is 24. The van der Waals surface area contributed by atoms with E-state index in [4.69, 9.17) is 20.3 Å². The second kappa shape index (κ2) is 22.5. The second-order valence-corrected chi connectivity index (χ2v) is 11.0. The summed E-state index contributed by atoms with van der Waals surface area (Å²) in [5.41, 5.74) is 6.02. The highest BCUT2D eigenvalue weighted by Gasteiger charge is 2.20. The maximum Gasteiger partial charge on any atom is 0.306 e. The maximum absolute atomic E-state index is 12.5. The van der Waals surface area contributed by atoms with E-state index in [1.165, 1.54) is 22.6 Å². The summed E-state index contributed by atoms with van der Waals surface area (Å²) in [6, 6.07) is -0.876. The van der Waals surface area contributed by atoms with Crippen LogP contribution in [0, 0.1) is 0 Å². The molecule has 1 aromatic rings. The number of carbonyl (C=O) groups excluding carboxylic acids is 3. The van der Waals surface area contributed by atoms with Gasteiger partial charge in [0, 0.05) is 24.3 Å². The van der Waals surface area contributed by atoms with Crippen molar-refractivity contribution >= 4 is 35.4 Å². The van der Waals surface area contributed by atoms with Crippen LogP contribution in [0.4, 0.5) is 5.82 Å². The van der Waals surface area contributed by atoms with Gasteiger partial charge in [0.1, 0.15) is 12.7 Å². The van der Waals surface area contributed by atoms with Gasteiger partial charge in [-0.1, -0.05) is 70.4 Å². The number of carbonyl (C=O) groups is 3. The van der Waals surface area contributed by atoms with Gasteiger partial charge in [0.25, 0.3) is 0 Å². The van der Waals surface area contributed by atoms with E-state index >= 15 is 0 Å². The van der Waals surface area contributed by atoms with Gasteiger partial charge in [-0.3, -0.25) is 14.4 Å². The van der Waals surface area contributed by atoms with E-state index in [2.05, 4.69) is 29.5 Å². The van der Waals surface area contributed by atoms with Gasteiger partial charge in [-0.2, -0.15) is 11.8 Å². The lowest BCUT2D eigenvalue weighted by Gasteiger charge is -2.19. The van der Waals surface area contributed by atoms with Gasteiger partial charge in [0.15, 0.2) is 5.82 Å². The van der Waals surface area contributed by atoms with Crippen LogP contribution in [-0.2, 0) is 30.4 Å². The van der Waals surface area contributed by atoms with Crippen LogP contribution in [-0.4, -0.2) is 86.0 Å². The van der Waals surface area contributed by atoms with E-state index in [-0.39, 0.29) is 36.7 Å². The molecule has 1 aromatic heterocycles. The number of ether oxygens (including phenoxy) is 2. The molecule has 1 amide bonds. The van der Waals surface area contributed by atoms with Gasteiger partial charge in [-0.25, -0.2) is 4.68 Å². The average Bonchev–Trinajstić information content (AvgIpc) is 3.37. The Hall–Kier alpha value is -2.22. The van der Waals surface area contributed by atoms with Crippen LogP contribution in [0.25, 0.3) is 0 Å². The van der Waals surface area contributed by atoms with Crippen molar-refractivity contribution in [2.75, 3.05) is 30.0 Å². The lowest BCUT2D eigenvalue weighted by molar-refractivity contribution is -0.157. The molecule has 0 aliphatic heterocycles. The highest BCUT2D eigenvalue weighted by molar-refractivity contribution is 7.99. The molecule has 0 saturated heterocycles. The molecule has 1 heterocycles. The van der Waals surface area contributed by atoms with Gasteiger partial charge in [-0.05, 0) is 12.8 Å². The third kappa shape index (κ3) is 17.5. The Morgan fingerprint density at radius 3 is 2.25 bits per heavy atom. The Bertz CT molecular complexity index is 842. The monoisotopic (exact) mass is 587 g/mol. The summed E-state index contributed by atoms with van der Waals surface area (Å²) < 4.78 is 12.3. The normalized spacial score (nSPS) is 13.4. The number of amides is 1. The fourth-order valence-corrected chi connectivity index (χ4v) is 4.67. The first-order valence-corrected chi connectivity index (χ1v) is 15.6. The third-order valence-corrected chi connectivity index (χ3v) is 7.24. The summed E-state index contributed by atoms with van der Waals surface area (Å²) >= 11 is 1.32. The van der Waals surface area contributed by atoms with Crippen LogP contribution in [0.5, 0.6) is 0 Å². The number of nitrogens with zero attached hydrogens (tertiary/aromatic N) is 3. The number of nitrogens with one attached hydrogen (secondary N) is 1. The van der Waals surface area contributed by atoms with Crippen LogP contribution >= 0.6 is 11.8 Å². The Labute approximate surface area is 242 Å². The molecule has 40 heavy (non-hydrogen) atoms. The number of anilines is 1. The van der Waals surface area contributed by atoms with Gasteiger partial charge in [0.05, 0.1) is 31.5 Å². The van der Waals surface area contributed by atoms with E-state index in [1.54, 1.807) is 0 Å². The fourth-order valence-electron chi connectivity index (χ4n) is 3.70. The molecular formula is C27H49N5O7S. The van der Waals surface area contributed by atoms with Crippen LogP contribution in [0.1, 0.15) is 90.9 Å². The van der Waals surface area contributed by atoms with Crippen molar-refractivity contribution in [3.63, 3.8) is 0 Å². The number of hydrogen-bond acceptors (Lipinski definition) is 11. The first-order valence-electron chi connectivity index (χ1n) is 14.5. The maximum atomic E-state index is 12.5. The molecule has 5 N–H and O–H groups in total. The molecule has 0 spiro atoms. The molecule has 1 rings (SSSR count). The van der Waals surface area contributed by atoms with Gasteiger partial charge < -0.3 is 30.7 Å². The van der Waals surface area contributed by atoms with Crippen molar-refractivity contribution in [1.82, 2.24) is 15.0 Å². The Balaban J connectivity index is 2.51. The van der Waals surface area contributed by atoms with Crippen molar-refractivity contribution in [2.45, 2.75) is 116 Å². The zero-order valence-electron chi connectivity index (χ0n) is 24.1. The summed E-state index contributed by atoms with van der Waals surface area (Å²) in [5, 5.41) is 28.6. The minimum Gasteiger partial charge on any atom is -0.462 e. The van der Waals surface area contributed by atoms with Crippen molar-refractivity contribution < 1.29 is 34.1 Å². The van der Waals surface area contributed by atoms with Crippen LogP contribution in [0.3, 0.4) is 0 Å². The summed E-state index contributed by atoms with van der Waals surface area (Å²) in [6.45, 7) is 3.85. The van der Waals surface area contributed by atoms with E-state index < -0.39 is 30.8 Å². The Morgan fingerprint density at radius 2 is 1.62 bits per heavy atom. The zero-order chi connectivity index (χ0) is 29.6. The second-order valence-electron chi connectivity index (χ2n) is 9.92. The standard InChI is InChI=1S/C27H49N5O7S/c1-3-5-7-9-11-13-25(35)38-18-22(39-26(36)14-12-10-8-6-4-2)19-40-20-23(28)27(37)29-24-16-32(31-30-24)15-21(34)17-33/h16,21-23,33-34H,3-15,17-20,28H2,1-2H3,(H,29,37)/t21-,22-,23-/m1/s1. The lowest BCUT2D eigenvalue weighted by Crippen LogP contribution is -2.38. The summed E-state index contributed by atoms with van der Waals surface area (Å²) in [7, 11) is 0. The minimum atomic E-state index is -0.989. The summed E-state index contributed by atoms with van der Waals surface area (Å²) in [6.07, 6.45) is 10.7. The number of aliphatic hydroxyl groups excluding tert-OH is 2. The predicted octanol–water partition coefficient (Wildman–Crippen LogP) is 2.81. The topological polar surface area (TPSA) is 179 Å². The number of aromatic nitrogens is 3. The molecule has 0 bridgehead atoms.